The molecule has 0 heterocycles. The number of nitrogens with one attached hydrogen (secondary N) is 4. The molecular formula is C28H43N7O8. The minimum absolute atomic E-state index is 0.00706. The van der Waals surface area contributed by atoms with Crippen LogP contribution in [-0.2, 0) is 40.1 Å². The molecule has 0 radical (unpaired) electrons. The minimum Gasteiger partial charge on any atom is -0.445 e. The zero-order chi connectivity index (χ0) is 32.4. The summed E-state index contributed by atoms with van der Waals surface area (Å²) in [6.07, 6.45) is -0.508. The molecule has 0 aliphatic heterocycles. The van der Waals surface area contributed by atoms with E-state index in [0.717, 1.165) is 5.56 Å². The van der Waals surface area contributed by atoms with Crippen LogP contribution in [0.25, 0.3) is 0 Å². The topological polar surface area (TPSA) is 232 Å². The molecule has 8 N–H and O–H groups in total. The Bertz CT molecular complexity index is 1110. The van der Waals surface area contributed by atoms with E-state index < -0.39 is 73.3 Å². The summed E-state index contributed by atoms with van der Waals surface area (Å²) in [6.45, 7) is 4.23. The number of carbonyl (C=O) groups is 7. The number of amides is 7. The number of nitrogens with zero attached hydrogens (tertiary/aromatic N) is 1. The minimum atomic E-state index is -1.23. The van der Waals surface area contributed by atoms with E-state index in [2.05, 4.69) is 21.3 Å². The fourth-order valence-corrected chi connectivity index (χ4v) is 3.89. The SMILES string of the molecule is CCCN(CC(=O)N[C@@H](CC(C)C)C(=O)NCC(N)=O)C(=O)[C@H](CCC(N)=O)NC(=O)CNC(=O)OCc1ccccc1. The van der Waals surface area contributed by atoms with Crippen LogP contribution in [0.15, 0.2) is 30.3 Å². The summed E-state index contributed by atoms with van der Waals surface area (Å²) in [5, 5.41) is 9.71. The number of primary amides is 2. The van der Waals surface area contributed by atoms with Crippen LogP contribution in [0, 0.1) is 5.92 Å². The first kappa shape index (κ1) is 36.3. The third kappa shape index (κ3) is 15.8. The predicted molar refractivity (Wildman–Crippen MR) is 155 cm³/mol. The largest absolute Gasteiger partial charge is 0.445 e. The molecule has 15 heteroatoms. The van der Waals surface area contributed by atoms with Crippen molar-refractivity contribution in [2.75, 3.05) is 26.2 Å². The van der Waals surface area contributed by atoms with Crippen LogP contribution in [0.1, 0.15) is 52.0 Å². The van der Waals surface area contributed by atoms with E-state index >= 15 is 0 Å². The van der Waals surface area contributed by atoms with Crippen molar-refractivity contribution in [3.8, 4) is 0 Å². The lowest BCUT2D eigenvalue weighted by atomic mass is 10.0. The molecule has 1 rings (SSSR count). The second kappa shape index (κ2) is 19.4. The standard InChI is InChI=1S/C28H43N7O8/c1-4-12-35(16-25(39)34-21(13-18(2)3)26(40)31-14-23(30)37)27(41)20(10-11-22(29)36)33-24(38)15-32-28(42)43-17-19-8-6-5-7-9-19/h5-9,18,20-21H,4,10-17H2,1-3H3,(H2,29,36)(H2,30,37)(H,31,40)(H,32,42)(H,33,38)(H,34,39)/t20-,21-/m0/s1. The number of rotatable bonds is 19. The Morgan fingerprint density at radius 1 is 0.860 bits per heavy atom. The predicted octanol–water partition coefficient (Wildman–Crippen LogP) is -0.966. The Labute approximate surface area is 250 Å². The van der Waals surface area contributed by atoms with Gasteiger partial charge in [0.25, 0.3) is 0 Å². The Balaban J connectivity index is 2.86. The quantitative estimate of drug-likeness (QED) is 0.115. The highest BCUT2D eigenvalue weighted by atomic mass is 16.5. The van der Waals surface area contributed by atoms with Crippen LogP contribution in [-0.4, -0.2) is 84.7 Å². The van der Waals surface area contributed by atoms with Gasteiger partial charge in [0, 0.05) is 13.0 Å². The Kier molecular flexibility index (Phi) is 16.4. The van der Waals surface area contributed by atoms with Gasteiger partial charge in [-0.25, -0.2) is 4.79 Å². The van der Waals surface area contributed by atoms with Crippen LogP contribution < -0.4 is 32.7 Å². The molecule has 15 nitrogen and oxygen atoms in total. The van der Waals surface area contributed by atoms with Gasteiger partial charge in [0.15, 0.2) is 0 Å². The van der Waals surface area contributed by atoms with E-state index in [1.807, 2.05) is 19.9 Å². The molecule has 0 aliphatic carbocycles. The van der Waals surface area contributed by atoms with Gasteiger partial charge in [0.05, 0.1) is 13.1 Å². The molecular weight excluding hydrogens is 562 g/mol. The van der Waals surface area contributed by atoms with Crippen LogP contribution in [0.4, 0.5) is 4.79 Å². The molecule has 1 aromatic rings. The Morgan fingerprint density at radius 3 is 2.09 bits per heavy atom. The molecule has 0 bridgehead atoms. The molecule has 2 atom stereocenters. The summed E-state index contributed by atoms with van der Waals surface area (Å²) in [6, 6.07) is 6.70. The van der Waals surface area contributed by atoms with Crippen LogP contribution >= 0.6 is 0 Å². The molecule has 1 aromatic carbocycles. The average molecular weight is 606 g/mol. The zero-order valence-electron chi connectivity index (χ0n) is 24.9. The third-order valence-corrected chi connectivity index (χ3v) is 5.85. The number of hydrogen-bond donors (Lipinski definition) is 6. The van der Waals surface area contributed by atoms with Gasteiger partial charge in [0.1, 0.15) is 25.2 Å². The Hall–Kier alpha value is -4.69. The molecule has 0 fully saturated rings. The second-order valence-corrected chi connectivity index (χ2v) is 10.2. The first-order valence-corrected chi connectivity index (χ1v) is 14.0. The van der Waals surface area contributed by atoms with E-state index in [0.29, 0.717) is 6.42 Å². The van der Waals surface area contributed by atoms with E-state index in [1.165, 1.54) is 4.90 Å². The fourth-order valence-electron chi connectivity index (χ4n) is 3.89. The Morgan fingerprint density at radius 2 is 1.51 bits per heavy atom. The number of nitrogens with two attached hydrogens (primary N) is 2. The van der Waals surface area contributed by atoms with Gasteiger partial charge in [-0.2, -0.15) is 0 Å². The highest BCUT2D eigenvalue weighted by molar-refractivity contribution is 5.94. The van der Waals surface area contributed by atoms with Crippen molar-refractivity contribution in [3.63, 3.8) is 0 Å². The van der Waals surface area contributed by atoms with E-state index in [9.17, 15) is 33.6 Å². The summed E-state index contributed by atoms with van der Waals surface area (Å²) in [4.78, 5) is 87.1. The van der Waals surface area contributed by atoms with Crippen molar-refractivity contribution in [1.29, 1.82) is 0 Å². The highest BCUT2D eigenvalue weighted by Crippen LogP contribution is 2.08. The average Bonchev–Trinajstić information content (AvgIpc) is 2.95. The van der Waals surface area contributed by atoms with Gasteiger partial charge >= 0.3 is 6.09 Å². The lowest BCUT2D eigenvalue weighted by molar-refractivity contribution is -0.140. The van der Waals surface area contributed by atoms with E-state index in [1.54, 1.807) is 31.2 Å². The maximum atomic E-state index is 13.4. The monoisotopic (exact) mass is 605 g/mol. The van der Waals surface area contributed by atoms with Crippen molar-refractivity contribution in [3.05, 3.63) is 35.9 Å². The van der Waals surface area contributed by atoms with Crippen LogP contribution in [0.5, 0.6) is 0 Å². The summed E-state index contributed by atoms with van der Waals surface area (Å²) in [5.74, 6) is -4.07. The third-order valence-electron chi connectivity index (χ3n) is 5.85. The highest BCUT2D eigenvalue weighted by Gasteiger charge is 2.29. The van der Waals surface area contributed by atoms with Gasteiger partial charge < -0.3 is 42.4 Å². The second-order valence-electron chi connectivity index (χ2n) is 10.2. The molecule has 0 saturated carbocycles. The molecule has 0 aliphatic rings. The molecule has 0 aromatic heterocycles. The number of alkyl carbamates (subject to hydrolysis) is 1. The summed E-state index contributed by atoms with van der Waals surface area (Å²) >= 11 is 0. The first-order chi connectivity index (χ1) is 20.3. The van der Waals surface area contributed by atoms with Crippen molar-refractivity contribution < 1.29 is 38.3 Å². The van der Waals surface area contributed by atoms with Crippen LogP contribution in [0.3, 0.4) is 0 Å². The smallest absolute Gasteiger partial charge is 0.407 e. The number of benzene rings is 1. The van der Waals surface area contributed by atoms with Crippen molar-refractivity contribution in [2.24, 2.45) is 17.4 Å². The molecule has 43 heavy (non-hydrogen) atoms. The number of hydrogen-bond acceptors (Lipinski definition) is 8. The summed E-state index contributed by atoms with van der Waals surface area (Å²) in [7, 11) is 0. The number of carbonyl (C=O) groups excluding carboxylic acids is 7. The van der Waals surface area contributed by atoms with Gasteiger partial charge in [0.2, 0.25) is 35.4 Å². The van der Waals surface area contributed by atoms with Gasteiger partial charge in [-0.3, -0.25) is 28.8 Å². The van der Waals surface area contributed by atoms with Gasteiger partial charge in [-0.05, 0) is 30.7 Å². The normalized spacial score (nSPS) is 11.9. The molecule has 238 valence electrons. The zero-order valence-corrected chi connectivity index (χ0v) is 24.9. The molecule has 0 unspecified atom stereocenters. The molecule has 0 saturated heterocycles. The van der Waals surface area contributed by atoms with Crippen molar-refractivity contribution in [2.45, 2.75) is 65.1 Å². The van der Waals surface area contributed by atoms with Crippen molar-refractivity contribution >= 4 is 41.5 Å². The fraction of sp³-hybridized carbons (Fsp3) is 0.536. The molecule has 7 amide bonds. The first-order valence-electron chi connectivity index (χ1n) is 14.0. The maximum Gasteiger partial charge on any atom is 0.407 e. The number of ether oxygens (including phenoxy) is 1. The van der Waals surface area contributed by atoms with E-state index in [-0.39, 0.29) is 38.3 Å². The van der Waals surface area contributed by atoms with Crippen LogP contribution in [0.2, 0.25) is 0 Å². The maximum absolute atomic E-state index is 13.4. The molecule has 0 spiro atoms. The van der Waals surface area contributed by atoms with E-state index in [4.69, 9.17) is 16.2 Å². The van der Waals surface area contributed by atoms with Crippen molar-refractivity contribution in [1.82, 2.24) is 26.2 Å². The summed E-state index contributed by atoms with van der Waals surface area (Å²) in [5.41, 5.74) is 11.1. The summed E-state index contributed by atoms with van der Waals surface area (Å²) < 4.78 is 5.06. The van der Waals surface area contributed by atoms with Gasteiger partial charge in [-0.1, -0.05) is 51.1 Å². The lowest BCUT2D eigenvalue weighted by Crippen LogP contribution is -2.55. The van der Waals surface area contributed by atoms with Gasteiger partial charge in [-0.15, -0.1) is 0 Å². The lowest BCUT2D eigenvalue weighted by Gasteiger charge is -2.28.